The summed E-state index contributed by atoms with van der Waals surface area (Å²) in [4.78, 5) is 2.51. The van der Waals surface area contributed by atoms with Crippen LogP contribution in [0, 0.1) is 0 Å². The van der Waals surface area contributed by atoms with Crippen LogP contribution >= 0.6 is 0 Å². The zero-order chi connectivity index (χ0) is 13.6. The average molecular weight is 254 g/mol. The zero-order valence-corrected chi connectivity index (χ0v) is 12.7. The van der Waals surface area contributed by atoms with Gasteiger partial charge in [-0.1, -0.05) is 12.8 Å². The van der Waals surface area contributed by atoms with E-state index in [9.17, 15) is 0 Å². The van der Waals surface area contributed by atoms with E-state index >= 15 is 0 Å². The molecular weight excluding hydrogens is 224 g/mol. The Balaban J connectivity index is 2.10. The van der Waals surface area contributed by atoms with E-state index in [1.165, 1.54) is 25.7 Å². The first-order chi connectivity index (χ1) is 8.23. The lowest BCUT2D eigenvalue weighted by Gasteiger charge is -2.43. The first kappa shape index (κ1) is 14.3. The Kier molecular flexibility index (Phi) is 3.79. The SMILES string of the molecule is CN(C1CCCCC1N)C1CC(C)(C)OC1(C)C. The van der Waals surface area contributed by atoms with Crippen molar-refractivity contribution in [3.63, 3.8) is 0 Å². The molecule has 3 atom stereocenters. The van der Waals surface area contributed by atoms with Crippen LogP contribution in [0.25, 0.3) is 0 Å². The predicted molar refractivity (Wildman–Crippen MR) is 75.6 cm³/mol. The van der Waals surface area contributed by atoms with Crippen LogP contribution in [-0.4, -0.2) is 41.3 Å². The number of ether oxygens (including phenoxy) is 1. The van der Waals surface area contributed by atoms with Crippen LogP contribution in [0.15, 0.2) is 0 Å². The third kappa shape index (κ3) is 2.73. The molecule has 2 rings (SSSR count). The summed E-state index contributed by atoms with van der Waals surface area (Å²) in [6, 6.07) is 1.34. The lowest BCUT2D eigenvalue weighted by Crippen LogP contribution is -2.55. The molecule has 1 saturated heterocycles. The molecule has 18 heavy (non-hydrogen) atoms. The maximum Gasteiger partial charge on any atom is 0.0789 e. The second kappa shape index (κ2) is 4.77. The average Bonchev–Trinajstić information content (AvgIpc) is 2.46. The first-order valence-corrected chi connectivity index (χ1v) is 7.41. The largest absolute Gasteiger partial charge is 0.368 e. The molecular formula is C15H30N2O. The molecule has 0 aromatic carbocycles. The van der Waals surface area contributed by atoms with Gasteiger partial charge in [0, 0.05) is 18.1 Å². The monoisotopic (exact) mass is 254 g/mol. The number of rotatable bonds is 2. The summed E-state index contributed by atoms with van der Waals surface area (Å²) in [6.07, 6.45) is 6.12. The summed E-state index contributed by atoms with van der Waals surface area (Å²) in [5.41, 5.74) is 6.23. The lowest BCUT2D eigenvalue weighted by atomic mass is 9.86. The lowest BCUT2D eigenvalue weighted by molar-refractivity contribution is -0.0832. The van der Waals surface area contributed by atoms with Gasteiger partial charge in [-0.2, -0.15) is 0 Å². The van der Waals surface area contributed by atoms with Crippen LogP contribution in [-0.2, 0) is 4.74 Å². The number of hydrogen-bond donors (Lipinski definition) is 1. The van der Waals surface area contributed by atoms with Gasteiger partial charge in [-0.05, 0) is 54.0 Å². The van der Waals surface area contributed by atoms with Crippen LogP contribution in [0.3, 0.4) is 0 Å². The van der Waals surface area contributed by atoms with E-state index in [4.69, 9.17) is 10.5 Å². The fraction of sp³-hybridized carbons (Fsp3) is 1.00. The van der Waals surface area contributed by atoms with Crippen LogP contribution in [0.5, 0.6) is 0 Å². The maximum atomic E-state index is 6.32. The Morgan fingerprint density at radius 3 is 2.22 bits per heavy atom. The van der Waals surface area contributed by atoms with Gasteiger partial charge in [0.15, 0.2) is 0 Å². The summed E-state index contributed by atoms with van der Waals surface area (Å²) in [7, 11) is 2.24. The summed E-state index contributed by atoms with van der Waals surface area (Å²) >= 11 is 0. The Morgan fingerprint density at radius 2 is 1.72 bits per heavy atom. The van der Waals surface area contributed by atoms with Gasteiger partial charge in [-0.3, -0.25) is 4.90 Å². The fourth-order valence-corrected chi connectivity index (χ4v) is 4.04. The van der Waals surface area contributed by atoms with Gasteiger partial charge >= 0.3 is 0 Å². The van der Waals surface area contributed by atoms with Crippen molar-refractivity contribution in [2.24, 2.45) is 5.73 Å². The van der Waals surface area contributed by atoms with Crippen molar-refractivity contribution in [3.05, 3.63) is 0 Å². The molecule has 3 nitrogen and oxygen atoms in total. The van der Waals surface area contributed by atoms with Crippen LogP contribution in [0.2, 0.25) is 0 Å². The molecule has 1 heterocycles. The molecule has 2 fully saturated rings. The number of likely N-dealkylation sites (N-methyl/N-ethyl adjacent to an activating group) is 1. The molecule has 0 spiro atoms. The second-order valence-electron chi connectivity index (χ2n) is 7.37. The van der Waals surface area contributed by atoms with E-state index in [0.717, 1.165) is 6.42 Å². The van der Waals surface area contributed by atoms with Gasteiger partial charge in [-0.25, -0.2) is 0 Å². The van der Waals surface area contributed by atoms with Gasteiger partial charge in [0.2, 0.25) is 0 Å². The Bertz CT molecular complexity index is 301. The normalized spacial score (nSPS) is 39.2. The fourth-order valence-electron chi connectivity index (χ4n) is 4.04. The molecule has 2 aliphatic rings. The smallest absolute Gasteiger partial charge is 0.0789 e. The molecule has 2 N–H and O–H groups in total. The minimum Gasteiger partial charge on any atom is -0.368 e. The van der Waals surface area contributed by atoms with E-state index in [0.29, 0.717) is 18.1 Å². The van der Waals surface area contributed by atoms with Crippen molar-refractivity contribution < 1.29 is 4.74 Å². The molecule has 0 aromatic heterocycles. The number of hydrogen-bond acceptors (Lipinski definition) is 3. The molecule has 0 aromatic rings. The molecule has 3 unspecified atom stereocenters. The molecule has 1 aliphatic carbocycles. The van der Waals surface area contributed by atoms with Gasteiger partial charge in [0.05, 0.1) is 11.2 Å². The van der Waals surface area contributed by atoms with Crippen molar-refractivity contribution in [2.45, 2.75) is 89.1 Å². The van der Waals surface area contributed by atoms with E-state index < -0.39 is 0 Å². The molecule has 1 saturated carbocycles. The van der Waals surface area contributed by atoms with Crippen molar-refractivity contribution in [1.82, 2.24) is 4.90 Å². The molecule has 3 heteroatoms. The Hall–Kier alpha value is -0.120. The maximum absolute atomic E-state index is 6.32. The van der Waals surface area contributed by atoms with Crippen molar-refractivity contribution in [3.8, 4) is 0 Å². The Labute approximate surface area is 112 Å². The van der Waals surface area contributed by atoms with Crippen LogP contribution < -0.4 is 5.73 Å². The van der Waals surface area contributed by atoms with Crippen molar-refractivity contribution in [1.29, 1.82) is 0 Å². The van der Waals surface area contributed by atoms with Crippen LogP contribution in [0.1, 0.15) is 59.8 Å². The standard InChI is InChI=1S/C15H30N2O/c1-14(2)10-13(15(3,4)18-14)17(5)12-9-7-6-8-11(12)16/h11-13H,6-10,16H2,1-5H3. The molecule has 0 amide bonds. The summed E-state index contributed by atoms with van der Waals surface area (Å²) < 4.78 is 6.21. The minimum absolute atomic E-state index is 0.0127. The third-order valence-electron chi connectivity index (χ3n) is 4.82. The third-order valence-corrected chi connectivity index (χ3v) is 4.82. The molecule has 106 valence electrons. The molecule has 0 radical (unpaired) electrons. The molecule has 0 bridgehead atoms. The van der Waals surface area contributed by atoms with Gasteiger partial charge in [0.1, 0.15) is 0 Å². The highest BCUT2D eigenvalue weighted by Gasteiger charge is 2.49. The first-order valence-electron chi connectivity index (χ1n) is 7.41. The highest BCUT2D eigenvalue weighted by Crippen LogP contribution is 2.41. The van der Waals surface area contributed by atoms with Crippen LogP contribution in [0.4, 0.5) is 0 Å². The van der Waals surface area contributed by atoms with Crippen molar-refractivity contribution in [2.75, 3.05) is 7.05 Å². The highest BCUT2D eigenvalue weighted by molar-refractivity contribution is 5.02. The van der Waals surface area contributed by atoms with E-state index in [2.05, 4.69) is 39.6 Å². The zero-order valence-electron chi connectivity index (χ0n) is 12.7. The van der Waals surface area contributed by atoms with E-state index in [1.807, 2.05) is 0 Å². The minimum atomic E-state index is -0.0740. The highest BCUT2D eigenvalue weighted by atomic mass is 16.5. The topological polar surface area (TPSA) is 38.5 Å². The van der Waals surface area contributed by atoms with Gasteiger partial charge in [0.25, 0.3) is 0 Å². The predicted octanol–water partition coefficient (Wildman–Crippen LogP) is 2.53. The van der Waals surface area contributed by atoms with E-state index in [1.54, 1.807) is 0 Å². The van der Waals surface area contributed by atoms with Gasteiger partial charge < -0.3 is 10.5 Å². The molecule has 1 aliphatic heterocycles. The van der Waals surface area contributed by atoms with Gasteiger partial charge in [-0.15, -0.1) is 0 Å². The summed E-state index contributed by atoms with van der Waals surface area (Å²) in [5, 5.41) is 0. The summed E-state index contributed by atoms with van der Waals surface area (Å²) in [6.45, 7) is 8.83. The Morgan fingerprint density at radius 1 is 1.11 bits per heavy atom. The summed E-state index contributed by atoms with van der Waals surface area (Å²) in [5.74, 6) is 0. The van der Waals surface area contributed by atoms with E-state index in [-0.39, 0.29) is 11.2 Å². The number of nitrogens with zero attached hydrogens (tertiary/aromatic N) is 1. The van der Waals surface area contributed by atoms with Crippen molar-refractivity contribution >= 4 is 0 Å². The second-order valence-corrected chi connectivity index (χ2v) is 7.37. The number of nitrogens with two attached hydrogens (primary N) is 1. The quantitative estimate of drug-likeness (QED) is 0.823.